The summed E-state index contributed by atoms with van der Waals surface area (Å²) in [5.74, 6) is 0.00419. The van der Waals surface area contributed by atoms with Crippen LogP contribution in [0.25, 0.3) is 0 Å². The Morgan fingerprint density at radius 1 is 0.694 bits per heavy atom. The number of esters is 1. The van der Waals surface area contributed by atoms with Crippen molar-refractivity contribution in [3.05, 3.63) is 36.5 Å². The molecular weight excluding hydrogens is 448 g/mol. The molecule has 0 aliphatic heterocycles. The minimum Gasteiger partial charge on any atom is -0.462 e. The quantitative estimate of drug-likeness (QED) is 0.0596. The average molecular weight is 509 g/mol. The van der Waals surface area contributed by atoms with Gasteiger partial charge in [-0.05, 0) is 78.6 Å². The molecule has 0 aliphatic rings. The van der Waals surface area contributed by atoms with E-state index in [4.69, 9.17) is 14.2 Å². The van der Waals surface area contributed by atoms with Gasteiger partial charge in [-0.1, -0.05) is 89.3 Å². The van der Waals surface area contributed by atoms with Gasteiger partial charge in [0, 0.05) is 19.6 Å². The second-order valence-corrected chi connectivity index (χ2v) is 9.09. The molecule has 0 radical (unpaired) electrons. The van der Waals surface area contributed by atoms with Gasteiger partial charge >= 0.3 is 5.97 Å². The van der Waals surface area contributed by atoms with Gasteiger partial charge in [0.05, 0.1) is 0 Å². The highest BCUT2D eigenvalue weighted by atomic mass is 16.7. The number of rotatable bonds is 23. The molecule has 0 saturated carbocycles. The monoisotopic (exact) mass is 508 g/mol. The first-order valence-corrected chi connectivity index (χ1v) is 14.9. The molecule has 0 spiro atoms. The molecule has 1 unspecified atom stereocenters. The largest absolute Gasteiger partial charge is 0.462 e. The number of ether oxygens (including phenoxy) is 3. The molecule has 0 saturated heterocycles. The highest BCUT2D eigenvalue weighted by Gasteiger charge is 2.11. The van der Waals surface area contributed by atoms with Gasteiger partial charge in [0.2, 0.25) is 0 Å². The molecule has 0 aromatic rings. The van der Waals surface area contributed by atoms with Gasteiger partial charge < -0.3 is 14.2 Å². The van der Waals surface area contributed by atoms with E-state index in [1.165, 1.54) is 44.9 Å². The van der Waals surface area contributed by atoms with Crippen LogP contribution >= 0.6 is 0 Å². The van der Waals surface area contributed by atoms with Crippen molar-refractivity contribution < 1.29 is 19.0 Å². The van der Waals surface area contributed by atoms with Crippen LogP contribution in [-0.4, -0.2) is 31.6 Å². The van der Waals surface area contributed by atoms with Crippen molar-refractivity contribution in [1.82, 2.24) is 0 Å². The van der Waals surface area contributed by atoms with Crippen molar-refractivity contribution in [1.29, 1.82) is 0 Å². The van der Waals surface area contributed by atoms with Gasteiger partial charge in [0.1, 0.15) is 6.10 Å². The first-order chi connectivity index (χ1) is 17.5. The molecule has 4 heteroatoms. The Morgan fingerprint density at radius 3 is 1.86 bits per heavy atom. The molecule has 0 N–H and O–H groups in total. The standard InChI is InChI=1S/C26H46O2.C6H14O2/c1-4-7-9-10-11-12-13-14-15-16-17-18-19-20-22-24-26(27)28-25(6-3)23-21-8-5-2;1-4-7-6(3)8-5-2/h7,9,11-12,14-15,25H,4-6,8,10,13,16-24H2,1-3H3;6H,4-5H2,1-3H3/b9-7-,12-11-,15-14-;. The van der Waals surface area contributed by atoms with E-state index in [0.717, 1.165) is 58.2 Å². The van der Waals surface area contributed by atoms with Crippen molar-refractivity contribution in [3.63, 3.8) is 0 Å². The van der Waals surface area contributed by atoms with E-state index in [-0.39, 0.29) is 18.4 Å². The molecule has 0 fully saturated rings. The molecule has 0 bridgehead atoms. The fourth-order valence-electron chi connectivity index (χ4n) is 3.62. The number of hydrogen-bond acceptors (Lipinski definition) is 4. The third-order valence-corrected chi connectivity index (χ3v) is 5.72. The molecule has 212 valence electrons. The number of carbonyl (C=O) groups excluding carboxylic acids is 1. The van der Waals surface area contributed by atoms with Gasteiger partial charge in [-0.3, -0.25) is 4.79 Å². The Morgan fingerprint density at radius 2 is 1.28 bits per heavy atom. The zero-order valence-electron chi connectivity index (χ0n) is 24.8. The summed E-state index contributed by atoms with van der Waals surface area (Å²) in [6.45, 7) is 13.7. The Hall–Kier alpha value is -1.39. The molecular formula is C32H60O4. The SMILES string of the molecule is CC/C=C\C/C=C\C/C=C\CCCCCCCC(=O)OC(CC)CCCCC.CCOC(C)OCC. The molecule has 36 heavy (non-hydrogen) atoms. The molecule has 0 amide bonds. The smallest absolute Gasteiger partial charge is 0.306 e. The van der Waals surface area contributed by atoms with E-state index in [0.29, 0.717) is 6.42 Å². The minimum absolute atomic E-state index is 0.00419. The van der Waals surface area contributed by atoms with Gasteiger partial charge in [-0.25, -0.2) is 0 Å². The van der Waals surface area contributed by atoms with Gasteiger partial charge in [0.15, 0.2) is 6.29 Å². The summed E-state index contributed by atoms with van der Waals surface area (Å²) >= 11 is 0. The maximum atomic E-state index is 11.9. The van der Waals surface area contributed by atoms with Crippen LogP contribution in [0.2, 0.25) is 0 Å². The first-order valence-electron chi connectivity index (χ1n) is 14.9. The number of allylic oxidation sites excluding steroid dienone is 6. The first kappa shape index (κ1) is 36.8. The average Bonchev–Trinajstić information content (AvgIpc) is 2.86. The van der Waals surface area contributed by atoms with Gasteiger partial charge in [0.25, 0.3) is 0 Å². The zero-order chi connectivity index (χ0) is 27.1. The Balaban J connectivity index is 0. The fourth-order valence-corrected chi connectivity index (χ4v) is 3.62. The second kappa shape index (κ2) is 31.6. The van der Waals surface area contributed by atoms with E-state index in [9.17, 15) is 4.79 Å². The van der Waals surface area contributed by atoms with E-state index in [1.54, 1.807) is 0 Å². The third kappa shape index (κ3) is 30.6. The van der Waals surface area contributed by atoms with E-state index in [1.807, 2.05) is 20.8 Å². The minimum atomic E-state index is -0.0370. The summed E-state index contributed by atoms with van der Waals surface area (Å²) in [6.07, 6.45) is 29.9. The van der Waals surface area contributed by atoms with Crippen molar-refractivity contribution in [2.24, 2.45) is 0 Å². The van der Waals surface area contributed by atoms with Crippen LogP contribution in [0.3, 0.4) is 0 Å². The molecule has 0 aromatic heterocycles. The summed E-state index contributed by atoms with van der Waals surface area (Å²) in [5, 5.41) is 0. The molecule has 1 atom stereocenters. The second-order valence-electron chi connectivity index (χ2n) is 9.09. The number of hydrogen-bond donors (Lipinski definition) is 0. The normalized spacial score (nSPS) is 12.5. The summed E-state index contributed by atoms with van der Waals surface area (Å²) in [7, 11) is 0. The molecule has 0 aromatic carbocycles. The van der Waals surface area contributed by atoms with E-state index >= 15 is 0 Å². The lowest BCUT2D eigenvalue weighted by molar-refractivity contribution is -0.149. The highest BCUT2D eigenvalue weighted by molar-refractivity contribution is 5.69. The predicted molar refractivity (Wildman–Crippen MR) is 156 cm³/mol. The highest BCUT2D eigenvalue weighted by Crippen LogP contribution is 2.13. The number of unbranched alkanes of at least 4 members (excludes halogenated alkanes) is 7. The third-order valence-electron chi connectivity index (χ3n) is 5.72. The van der Waals surface area contributed by atoms with Crippen LogP contribution in [0, 0.1) is 0 Å². The van der Waals surface area contributed by atoms with Crippen LogP contribution in [0.1, 0.15) is 138 Å². The lowest BCUT2D eigenvalue weighted by Gasteiger charge is -2.16. The summed E-state index contributed by atoms with van der Waals surface area (Å²) in [6, 6.07) is 0. The number of carbonyl (C=O) groups is 1. The van der Waals surface area contributed by atoms with Crippen molar-refractivity contribution in [2.75, 3.05) is 13.2 Å². The maximum Gasteiger partial charge on any atom is 0.306 e. The van der Waals surface area contributed by atoms with Gasteiger partial charge in [-0.2, -0.15) is 0 Å². The van der Waals surface area contributed by atoms with Crippen LogP contribution in [-0.2, 0) is 19.0 Å². The summed E-state index contributed by atoms with van der Waals surface area (Å²) in [4.78, 5) is 11.9. The lowest BCUT2D eigenvalue weighted by atomic mass is 10.1. The van der Waals surface area contributed by atoms with Crippen LogP contribution in [0.5, 0.6) is 0 Å². The van der Waals surface area contributed by atoms with Crippen molar-refractivity contribution in [2.45, 2.75) is 150 Å². The zero-order valence-corrected chi connectivity index (χ0v) is 24.8. The Kier molecular flexibility index (Phi) is 32.3. The molecule has 0 rings (SSSR count). The summed E-state index contributed by atoms with van der Waals surface area (Å²) in [5.41, 5.74) is 0. The van der Waals surface area contributed by atoms with Crippen LogP contribution in [0.4, 0.5) is 0 Å². The predicted octanol–water partition coefficient (Wildman–Crippen LogP) is 9.88. The van der Waals surface area contributed by atoms with E-state index < -0.39 is 0 Å². The lowest BCUT2D eigenvalue weighted by Crippen LogP contribution is -2.17. The van der Waals surface area contributed by atoms with Crippen LogP contribution in [0.15, 0.2) is 36.5 Å². The molecule has 0 heterocycles. The summed E-state index contributed by atoms with van der Waals surface area (Å²) < 4.78 is 15.7. The fraction of sp³-hybridized carbons (Fsp3) is 0.781. The van der Waals surface area contributed by atoms with Crippen molar-refractivity contribution >= 4 is 5.97 Å². The van der Waals surface area contributed by atoms with E-state index in [2.05, 4.69) is 57.2 Å². The van der Waals surface area contributed by atoms with Crippen LogP contribution < -0.4 is 0 Å². The van der Waals surface area contributed by atoms with Gasteiger partial charge in [-0.15, -0.1) is 0 Å². The molecule has 4 nitrogen and oxygen atoms in total. The maximum absolute atomic E-state index is 11.9. The Bertz CT molecular complexity index is 518. The van der Waals surface area contributed by atoms with Crippen molar-refractivity contribution in [3.8, 4) is 0 Å². The molecule has 0 aliphatic carbocycles. The topological polar surface area (TPSA) is 44.8 Å². The Labute approximate surface area is 224 Å².